The van der Waals surface area contributed by atoms with E-state index in [9.17, 15) is 19.7 Å². The number of hydrogen-bond donors (Lipinski definition) is 0. The molecule has 1 heterocycles. The van der Waals surface area contributed by atoms with Gasteiger partial charge in [-0.1, -0.05) is 35.4 Å². The molecule has 6 nitrogen and oxygen atoms in total. The van der Waals surface area contributed by atoms with Crippen LogP contribution in [0.15, 0.2) is 47.6 Å². The Hall–Kier alpha value is -2.76. The largest absolute Gasteiger partial charge is 0.293 e. The van der Waals surface area contributed by atoms with Crippen molar-refractivity contribution in [2.45, 2.75) is 13.8 Å². The van der Waals surface area contributed by atoms with E-state index >= 15 is 0 Å². The Morgan fingerprint density at radius 1 is 1.04 bits per heavy atom. The van der Waals surface area contributed by atoms with E-state index in [2.05, 4.69) is 0 Å². The van der Waals surface area contributed by atoms with Crippen molar-refractivity contribution in [1.82, 2.24) is 0 Å². The van der Waals surface area contributed by atoms with Crippen LogP contribution in [0.3, 0.4) is 0 Å². The second kappa shape index (κ2) is 4.87. The van der Waals surface area contributed by atoms with Gasteiger partial charge >= 0.3 is 0 Å². The Bertz CT molecular complexity index is 816. The summed E-state index contributed by atoms with van der Waals surface area (Å²) in [5.74, 6) is -1.64. The molecule has 1 aliphatic heterocycles. The Morgan fingerprint density at radius 3 is 2.08 bits per heavy atom. The molecule has 24 heavy (non-hydrogen) atoms. The van der Waals surface area contributed by atoms with Crippen molar-refractivity contribution in [3.63, 3.8) is 0 Å². The zero-order chi connectivity index (χ0) is 17.2. The van der Waals surface area contributed by atoms with Gasteiger partial charge in [0.25, 0.3) is 5.69 Å². The van der Waals surface area contributed by atoms with Crippen molar-refractivity contribution in [3.05, 3.63) is 57.7 Å². The molecule has 122 valence electrons. The summed E-state index contributed by atoms with van der Waals surface area (Å²) in [4.78, 5) is 37.6. The fraction of sp³-hybridized carbons (Fsp3) is 0.333. The third kappa shape index (κ3) is 1.71. The maximum Gasteiger partial charge on any atom is 0.293 e. The van der Waals surface area contributed by atoms with Crippen LogP contribution in [0.5, 0.6) is 0 Å². The lowest BCUT2D eigenvalue weighted by Crippen LogP contribution is -2.33. The predicted octanol–water partition coefficient (Wildman–Crippen LogP) is 2.85. The van der Waals surface area contributed by atoms with Crippen LogP contribution in [0.25, 0.3) is 0 Å². The van der Waals surface area contributed by atoms with Gasteiger partial charge in [-0.2, -0.15) is 0 Å². The first-order valence-electron chi connectivity index (χ1n) is 7.90. The molecule has 4 atom stereocenters. The third-order valence-electron chi connectivity index (χ3n) is 5.31. The van der Waals surface area contributed by atoms with E-state index in [4.69, 9.17) is 0 Å². The molecule has 0 radical (unpaired) electrons. The maximum absolute atomic E-state index is 13.0. The van der Waals surface area contributed by atoms with Crippen molar-refractivity contribution < 1.29 is 14.5 Å². The van der Waals surface area contributed by atoms with Gasteiger partial charge in [0.1, 0.15) is 5.69 Å². The molecular weight excluding hydrogens is 308 g/mol. The summed E-state index contributed by atoms with van der Waals surface area (Å²) in [6, 6.07) is 5.91. The van der Waals surface area contributed by atoms with Gasteiger partial charge in [0.2, 0.25) is 11.8 Å². The highest BCUT2D eigenvalue weighted by Gasteiger charge is 2.62. The van der Waals surface area contributed by atoms with Gasteiger partial charge in [-0.15, -0.1) is 0 Å². The monoisotopic (exact) mass is 324 g/mol. The zero-order valence-corrected chi connectivity index (χ0v) is 13.3. The summed E-state index contributed by atoms with van der Waals surface area (Å²) in [7, 11) is 0. The number of allylic oxidation sites excluding steroid dienone is 4. The number of rotatable bonds is 2. The molecule has 0 N–H and O–H groups in total. The number of benzene rings is 1. The van der Waals surface area contributed by atoms with Gasteiger partial charge in [0.15, 0.2) is 0 Å². The minimum Gasteiger partial charge on any atom is -0.274 e. The maximum atomic E-state index is 13.0. The first-order valence-corrected chi connectivity index (χ1v) is 7.90. The molecule has 0 spiro atoms. The van der Waals surface area contributed by atoms with Crippen LogP contribution in [-0.4, -0.2) is 16.7 Å². The normalized spacial score (nSPS) is 30.2. The van der Waals surface area contributed by atoms with Crippen LogP contribution in [0.4, 0.5) is 11.4 Å². The van der Waals surface area contributed by atoms with Crippen LogP contribution < -0.4 is 4.90 Å². The number of nitro groups is 1. The Morgan fingerprint density at radius 2 is 1.58 bits per heavy atom. The van der Waals surface area contributed by atoms with E-state index in [0.29, 0.717) is 0 Å². The molecule has 2 aliphatic carbocycles. The van der Waals surface area contributed by atoms with Crippen LogP contribution in [0.2, 0.25) is 0 Å². The number of fused-ring (bicyclic) bond motifs is 5. The highest BCUT2D eigenvalue weighted by Crippen LogP contribution is 2.57. The van der Waals surface area contributed by atoms with Crippen molar-refractivity contribution in [3.8, 4) is 0 Å². The third-order valence-corrected chi connectivity index (χ3v) is 5.31. The lowest BCUT2D eigenvalue weighted by molar-refractivity contribution is -0.384. The number of imide groups is 1. The first-order chi connectivity index (χ1) is 11.4. The molecule has 0 aromatic heterocycles. The van der Waals surface area contributed by atoms with E-state index in [-0.39, 0.29) is 35.0 Å². The topological polar surface area (TPSA) is 80.5 Å². The fourth-order valence-electron chi connectivity index (χ4n) is 4.47. The molecule has 1 saturated carbocycles. The number of hydrogen-bond acceptors (Lipinski definition) is 4. The molecule has 1 aromatic rings. The van der Waals surface area contributed by atoms with Crippen LogP contribution in [0, 0.1) is 33.8 Å². The average molecular weight is 324 g/mol. The van der Waals surface area contributed by atoms with Gasteiger partial charge in [0.05, 0.1) is 16.8 Å². The first kappa shape index (κ1) is 14.8. The van der Waals surface area contributed by atoms with Gasteiger partial charge in [-0.3, -0.25) is 19.7 Å². The van der Waals surface area contributed by atoms with E-state index < -0.39 is 16.8 Å². The molecule has 1 saturated heterocycles. The molecular formula is C18H16N2O4. The van der Waals surface area contributed by atoms with E-state index in [1.807, 2.05) is 26.0 Å². The summed E-state index contributed by atoms with van der Waals surface area (Å²) in [6.45, 7) is 4.00. The van der Waals surface area contributed by atoms with Crippen LogP contribution in [0.1, 0.15) is 13.8 Å². The van der Waals surface area contributed by atoms with Gasteiger partial charge in [-0.25, -0.2) is 4.90 Å². The van der Waals surface area contributed by atoms with Gasteiger partial charge in [-0.05, 0) is 19.9 Å². The predicted molar refractivity (Wildman–Crippen MR) is 87.1 cm³/mol. The lowest BCUT2D eigenvalue weighted by atomic mass is 9.85. The minimum atomic E-state index is -0.557. The number of nitro benzene ring substituents is 1. The van der Waals surface area contributed by atoms with Crippen molar-refractivity contribution in [2.24, 2.45) is 23.7 Å². The number of anilines is 1. The van der Waals surface area contributed by atoms with E-state index in [0.717, 1.165) is 16.0 Å². The van der Waals surface area contributed by atoms with Crippen molar-refractivity contribution in [2.75, 3.05) is 4.90 Å². The standard InChI is InChI=1S/C18H16N2O4/c1-9(2)14-10-7-8-11(14)16-15(10)17(21)19(18(16)22)12-5-3-4-6-13(12)20(23)24/h3-8,10-11,15-16H,1-2H3/t10-,11-,15-,16-/m1/s1. The number of carbonyl (C=O) groups excluding carboxylic acids is 2. The van der Waals surface area contributed by atoms with Crippen LogP contribution in [-0.2, 0) is 9.59 Å². The summed E-state index contributed by atoms with van der Waals surface area (Å²) in [5.41, 5.74) is 2.16. The molecule has 2 amide bonds. The number of carbonyl (C=O) groups is 2. The fourth-order valence-corrected chi connectivity index (χ4v) is 4.47. The van der Waals surface area contributed by atoms with Crippen molar-refractivity contribution >= 4 is 23.2 Å². The summed E-state index contributed by atoms with van der Waals surface area (Å²) < 4.78 is 0. The number of nitrogens with zero attached hydrogens (tertiary/aromatic N) is 2. The minimum absolute atomic E-state index is 0.0609. The molecule has 1 aromatic carbocycles. The smallest absolute Gasteiger partial charge is 0.274 e. The van der Waals surface area contributed by atoms with Crippen LogP contribution >= 0.6 is 0 Å². The second-order valence-electron chi connectivity index (χ2n) is 6.70. The summed E-state index contributed by atoms with van der Waals surface area (Å²) in [6.07, 6.45) is 4.00. The Balaban J connectivity index is 1.81. The zero-order valence-electron chi connectivity index (χ0n) is 13.3. The van der Waals surface area contributed by atoms with E-state index in [1.165, 1.54) is 18.2 Å². The molecule has 4 rings (SSSR count). The highest BCUT2D eigenvalue weighted by molar-refractivity contribution is 6.24. The molecule has 6 heteroatoms. The van der Waals surface area contributed by atoms with Gasteiger partial charge < -0.3 is 0 Å². The molecule has 3 aliphatic rings. The molecule has 0 unspecified atom stereocenters. The quantitative estimate of drug-likeness (QED) is 0.362. The average Bonchev–Trinajstić information content (AvgIpc) is 3.17. The number of amides is 2. The lowest BCUT2D eigenvalue weighted by Gasteiger charge is -2.19. The Labute approximate surface area is 138 Å². The second-order valence-corrected chi connectivity index (χ2v) is 6.70. The van der Waals surface area contributed by atoms with Crippen molar-refractivity contribution in [1.29, 1.82) is 0 Å². The summed E-state index contributed by atoms with van der Waals surface area (Å²) in [5, 5.41) is 11.3. The van der Waals surface area contributed by atoms with Gasteiger partial charge in [0, 0.05) is 17.9 Å². The Kier molecular flexibility index (Phi) is 3.00. The SMILES string of the molecule is CC(C)=C1[C@H]2C=C[C@H]1[C@H]1C(=O)N(c3ccccc3[N+](=O)[O-])C(=O)[C@@H]12. The molecule has 2 fully saturated rings. The highest BCUT2D eigenvalue weighted by atomic mass is 16.6. The number of para-hydroxylation sites is 2. The molecule has 2 bridgehead atoms. The summed E-state index contributed by atoms with van der Waals surface area (Å²) >= 11 is 0. The van der Waals surface area contributed by atoms with E-state index in [1.54, 1.807) is 6.07 Å².